The van der Waals surface area contributed by atoms with Gasteiger partial charge in [-0.1, -0.05) is 43.0 Å². The standard InChI is InChI=1S/C14H16O/c1-4-7-8-11-9-10-14(15)13(6-3)12(11)5-2/h4-10,15H,1H2,2-3H3/b8-7+,12-5-,13-6+. The molecule has 1 heteroatoms. The lowest BCUT2D eigenvalue weighted by molar-refractivity contribution is 0.470. The maximum Gasteiger partial charge on any atom is 0.123 e. The number of hydrogen-bond donors (Lipinski definition) is 1. The maximum absolute atomic E-state index is 9.68. The summed E-state index contributed by atoms with van der Waals surface area (Å²) in [5.41, 5.74) is 1.09. The van der Waals surface area contributed by atoms with Gasteiger partial charge in [0.15, 0.2) is 0 Å². The summed E-state index contributed by atoms with van der Waals surface area (Å²) in [5.74, 6) is 0.321. The average molecular weight is 200 g/mol. The molecule has 0 bridgehead atoms. The second-order valence-electron chi connectivity index (χ2n) is 3.17. The number of aromatic hydroxyl groups is 1. The summed E-state index contributed by atoms with van der Waals surface area (Å²) >= 11 is 0. The Morgan fingerprint density at radius 3 is 2.33 bits per heavy atom. The zero-order chi connectivity index (χ0) is 11.3. The van der Waals surface area contributed by atoms with Gasteiger partial charge in [-0.05, 0) is 30.7 Å². The molecule has 1 N–H and O–H groups in total. The van der Waals surface area contributed by atoms with Crippen LogP contribution in [0.25, 0.3) is 18.2 Å². The second-order valence-corrected chi connectivity index (χ2v) is 3.17. The van der Waals surface area contributed by atoms with Gasteiger partial charge in [0, 0.05) is 5.22 Å². The molecule has 0 aliphatic carbocycles. The topological polar surface area (TPSA) is 20.2 Å². The van der Waals surface area contributed by atoms with Gasteiger partial charge >= 0.3 is 0 Å². The van der Waals surface area contributed by atoms with Crippen molar-refractivity contribution in [3.63, 3.8) is 0 Å². The van der Waals surface area contributed by atoms with Crippen molar-refractivity contribution in [2.45, 2.75) is 13.8 Å². The zero-order valence-electron chi connectivity index (χ0n) is 9.20. The van der Waals surface area contributed by atoms with Gasteiger partial charge in [0.05, 0.1) is 0 Å². The lowest BCUT2D eigenvalue weighted by atomic mass is 10.1. The van der Waals surface area contributed by atoms with Crippen molar-refractivity contribution in [1.29, 1.82) is 0 Å². The molecule has 0 radical (unpaired) electrons. The fraction of sp³-hybridized carbons (Fsp3) is 0.143. The van der Waals surface area contributed by atoms with Gasteiger partial charge in [-0.3, -0.25) is 0 Å². The van der Waals surface area contributed by atoms with Gasteiger partial charge in [-0.15, -0.1) is 0 Å². The van der Waals surface area contributed by atoms with E-state index in [2.05, 4.69) is 6.58 Å². The van der Waals surface area contributed by atoms with Crippen molar-refractivity contribution in [3.8, 4) is 5.75 Å². The van der Waals surface area contributed by atoms with E-state index in [0.717, 1.165) is 16.0 Å². The van der Waals surface area contributed by atoms with E-state index < -0.39 is 0 Å². The van der Waals surface area contributed by atoms with Crippen LogP contribution in [0.1, 0.15) is 19.4 Å². The molecule has 0 unspecified atom stereocenters. The molecule has 1 rings (SSSR count). The van der Waals surface area contributed by atoms with Crippen LogP contribution in [0.2, 0.25) is 0 Å². The van der Waals surface area contributed by atoms with Crippen molar-refractivity contribution in [2.24, 2.45) is 0 Å². The van der Waals surface area contributed by atoms with Crippen molar-refractivity contribution in [3.05, 3.63) is 46.9 Å². The van der Waals surface area contributed by atoms with Gasteiger partial charge in [0.25, 0.3) is 0 Å². The Hall–Kier alpha value is -1.76. The minimum absolute atomic E-state index is 0.321. The molecule has 1 aromatic carbocycles. The minimum Gasteiger partial charge on any atom is -0.507 e. The molecule has 0 spiro atoms. The van der Waals surface area contributed by atoms with E-state index in [1.165, 1.54) is 0 Å². The van der Waals surface area contributed by atoms with Crippen molar-refractivity contribution in [1.82, 2.24) is 0 Å². The van der Waals surface area contributed by atoms with E-state index in [1.54, 1.807) is 12.1 Å². The summed E-state index contributed by atoms with van der Waals surface area (Å²) in [6, 6.07) is 3.61. The van der Waals surface area contributed by atoms with Gasteiger partial charge in [0.2, 0.25) is 0 Å². The van der Waals surface area contributed by atoms with Crippen molar-refractivity contribution < 1.29 is 5.11 Å². The highest BCUT2D eigenvalue weighted by Crippen LogP contribution is 2.01. The summed E-state index contributed by atoms with van der Waals surface area (Å²) in [5, 5.41) is 11.6. The molecule has 0 aliphatic heterocycles. The smallest absolute Gasteiger partial charge is 0.123 e. The van der Waals surface area contributed by atoms with E-state index >= 15 is 0 Å². The molecule has 0 heterocycles. The van der Waals surface area contributed by atoms with E-state index in [1.807, 2.05) is 44.2 Å². The molecule has 0 amide bonds. The number of phenolic OH excluding ortho intramolecular Hbond substituents is 1. The molecule has 0 fully saturated rings. The Labute approximate surface area is 90.4 Å². The van der Waals surface area contributed by atoms with E-state index in [-0.39, 0.29) is 0 Å². The summed E-state index contributed by atoms with van der Waals surface area (Å²) < 4.78 is 0. The highest BCUT2D eigenvalue weighted by Gasteiger charge is 1.96. The number of rotatable bonds is 2. The molecule has 0 aliphatic rings. The molecular weight excluding hydrogens is 184 g/mol. The van der Waals surface area contributed by atoms with Crippen LogP contribution in [0.3, 0.4) is 0 Å². The van der Waals surface area contributed by atoms with E-state index in [0.29, 0.717) is 5.75 Å². The monoisotopic (exact) mass is 200 g/mol. The first kappa shape index (κ1) is 11.3. The molecule has 0 aromatic heterocycles. The fourth-order valence-electron chi connectivity index (χ4n) is 1.58. The zero-order valence-corrected chi connectivity index (χ0v) is 9.20. The normalized spacial score (nSPS) is 13.7. The summed E-state index contributed by atoms with van der Waals surface area (Å²) in [6.07, 6.45) is 9.52. The van der Waals surface area contributed by atoms with Crippen LogP contribution in [0, 0.1) is 0 Å². The summed E-state index contributed by atoms with van der Waals surface area (Å²) in [4.78, 5) is 0. The molecule has 0 atom stereocenters. The number of benzene rings is 1. The predicted octanol–water partition coefficient (Wildman–Crippen LogP) is 2.19. The van der Waals surface area contributed by atoms with Gasteiger partial charge in [0.1, 0.15) is 5.75 Å². The lowest BCUT2D eigenvalue weighted by Gasteiger charge is -1.99. The largest absolute Gasteiger partial charge is 0.507 e. The quantitative estimate of drug-likeness (QED) is 0.726. The predicted molar refractivity (Wildman–Crippen MR) is 66.9 cm³/mol. The van der Waals surface area contributed by atoms with Crippen LogP contribution in [-0.2, 0) is 0 Å². The molecular formula is C14H16O. The molecule has 1 nitrogen and oxygen atoms in total. The van der Waals surface area contributed by atoms with E-state index in [4.69, 9.17) is 0 Å². The lowest BCUT2D eigenvalue weighted by Crippen LogP contribution is -2.26. The highest BCUT2D eigenvalue weighted by molar-refractivity contribution is 5.56. The van der Waals surface area contributed by atoms with Crippen LogP contribution in [0.5, 0.6) is 5.75 Å². The Bertz CT molecular complexity index is 493. The van der Waals surface area contributed by atoms with Crippen molar-refractivity contribution >= 4 is 18.2 Å². The Morgan fingerprint density at radius 2 is 1.80 bits per heavy atom. The first-order chi connectivity index (χ1) is 7.24. The highest BCUT2D eigenvalue weighted by atomic mass is 16.3. The Morgan fingerprint density at radius 1 is 1.13 bits per heavy atom. The first-order valence-electron chi connectivity index (χ1n) is 4.98. The van der Waals surface area contributed by atoms with E-state index in [9.17, 15) is 5.11 Å². The van der Waals surface area contributed by atoms with Gasteiger partial charge in [-0.2, -0.15) is 0 Å². The third kappa shape index (κ3) is 2.38. The maximum atomic E-state index is 9.68. The Kier molecular flexibility index (Phi) is 3.92. The first-order valence-corrected chi connectivity index (χ1v) is 4.98. The Balaban J connectivity index is 3.58. The van der Waals surface area contributed by atoms with Crippen LogP contribution < -0.4 is 10.4 Å². The SMILES string of the molecule is C=C/C=C/c1ccc(O)c(=C/C)/c1=C\C. The molecule has 1 aromatic rings. The molecule has 0 saturated carbocycles. The van der Waals surface area contributed by atoms with Crippen LogP contribution >= 0.6 is 0 Å². The molecule has 15 heavy (non-hydrogen) atoms. The average Bonchev–Trinajstić information content (AvgIpc) is 2.26. The van der Waals surface area contributed by atoms with Crippen molar-refractivity contribution in [2.75, 3.05) is 0 Å². The second kappa shape index (κ2) is 5.20. The minimum atomic E-state index is 0.321. The third-order valence-electron chi connectivity index (χ3n) is 2.29. The van der Waals surface area contributed by atoms with Crippen LogP contribution in [0.4, 0.5) is 0 Å². The van der Waals surface area contributed by atoms with Crippen LogP contribution in [0.15, 0.2) is 30.9 Å². The number of hydrogen-bond acceptors (Lipinski definition) is 1. The fourth-order valence-corrected chi connectivity index (χ4v) is 1.58. The number of phenols is 1. The summed E-state index contributed by atoms with van der Waals surface area (Å²) in [6.45, 7) is 7.52. The van der Waals surface area contributed by atoms with Gasteiger partial charge in [-0.25, -0.2) is 0 Å². The molecule has 0 saturated heterocycles. The van der Waals surface area contributed by atoms with Crippen LogP contribution in [-0.4, -0.2) is 5.11 Å². The van der Waals surface area contributed by atoms with Gasteiger partial charge < -0.3 is 5.11 Å². The molecule has 78 valence electrons. The third-order valence-corrected chi connectivity index (χ3v) is 2.29. The summed E-state index contributed by atoms with van der Waals surface area (Å²) in [7, 11) is 0. The number of allylic oxidation sites excluding steroid dienone is 2.